The van der Waals surface area contributed by atoms with E-state index in [1.165, 1.54) is 0 Å². The molecular formula is C11H9BrClNO. The number of nitrogens with one attached hydrogen (secondary N) is 1. The summed E-state index contributed by atoms with van der Waals surface area (Å²) in [4.78, 5) is 0. The zero-order chi connectivity index (χ0) is 10.7. The van der Waals surface area contributed by atoms with Crippen LogP contribution < -0.4 is 5.32 Å². The van der Waals surface area contributed by atoms with Crippen molar-refractivity contribution < 1.29 is 4.42 Å². The molecule has 0 fully saturated rings. The molecule has 0 radical (unpaired) electrons. The van der Waals surface area contributed by atoms with Crippen LogP contribution in [0.15, 0.2) is 45.5 Å². The highest BCUT2D eigenvalue weighted by Gasteiger charge is 1.99. The predicted molar refractivity (Wildman–Crippen MR) is 65.2 cm³/mol. The number of halogens is 2. The van der Waals surface area contributed by atoms with Crippen molar-refractivity contribution >= 4 is 33.2 Å². The molecule has 0 aliphatic rings. The molecule has 1 heterocycles. The largest absolute Gasteiger partial charge is 0.452 e. The van der Waals surface area contributed by atoms with Gasteiger partial charge in [0.15, 0.2) is 4.67 Å². The van der Waals surface area contributed by atoms with Crippen molar-refractivity contribution in [1.29, 1.82) is 0 Å². The monoisotopic (exact) mass is 285 g/mol. The van der Waals surface area contributed by atoms with Crippen molar-refractivity contribution in [1.82, 2.24) is 0 Å². The third-order valence-electron chi connectivity index (χ3n) is 1.92. The Kier molecular flexibility index (Phi) is 3.34. The summed E-state index contributed by atoms with van der Waals surface area (Å²) >= 11 is 9.11. The second-order valence-electron chi connectivity index (χ2n) is 3.07. The second kappa shape index (κ2) is 4.73. The van der Waals surface area contributed by atoms with Crippen LogP contribution in [0.4, 0.5) is 5.69 Å². The van der Waals surface area contributed by atoms with Crippen molar-refractivity contribution in [2.45, 2.75) is 6.54 Å². The van der Waals surface area contributed by atoms with E-state index >= 15 is 0 Å². The van der Waals surface area contributed by atoms with Gasteiger partial charge in [-0.05, 0) is 46.3 Å². The maximum Gasteiger partial charge on any atom is 0.169 e. The van der Waals surface area contributed by atoms with Crippen LogP contribution >= 0.6 is 27.5 Å². The highest BCUT2D eigenvalue weighted by Crippen LogP contribution is 2.18. The highest BCUT2D eigenvalue weighted by molar-refractivity contribution is 9.10. The van der Waals surface area contributed by atoms with E-state index in [1.54, 1.807) is 0 Å². The average Bonchev–Trinajstić information content (AvgIpc) is 2.62. The van der Waals surface area contributed by atoms with Gasteiger partial charge in [-0.15, -0.1) is 0 Å². The normalized spacial score (nSPS) is 10.3. The minimum Gasteiger partial charge on any atom is -0.452 e. The van der Waals surface area contributed by atoms with Gasteiger partial charge >= 0.3 is 0 Å². The summed E-state index contributed by atoms with van der Waals surface area (Å²) in [6.07, 6.45) is 0. The van der Waals surface area contributed by atoms with Crippen LogP contribution in [0.3, 0.4) is 0 Å². The first-order chi connectivity index (χ1) is 7.24. The average molecular weight is 287 g/mol. The molecule has 4 heteroatoms. The lowest BCUT2D eigenvalue weighted by atomic mass is 10.3. The molecule has 2 nitrogen and oxygen atoms in total. The lowest BCUT2D eigenvalue weighted by Gasteiger charge is -2.03. The second-order valence-corrected chi connectivity index (χ2v) is 4.29. The van der Waals surface area contributed by atoms with Crippen LogP contribution in [-0.4, -0.2) is 0 Å². The molecule has 0 saturated heterocycles. The van der Waals surface area contributed by atoms with E-state index in [1.807, 2.05) is 36.4 Å². The van der Waals surface area contributed by atoms with E-state index in [2.05, 4.69) is 21.2 Å². The summed E-state index contributed by atoms with van der Waals surface area (Å²) in [5.41, 5.74) is 0.982. The molecule has 2 aromatic rings. The molecule has 0 spiro atoms. The first-order valence-corrected chi connectivity index (χ1v) is 5.65. The highest BCUT2D eigenvalue weighted by atomic mass is 79.9. The molecule has 1 aromatic heterocycles. The molecule has 1 N–H and O–H groups in total. The molecule has 0 saturated carbocycles. The van der Waals surface area contributed by atoms with Gasteiger partial charge in [0.1, 0.15) is 5.76 Å². The van der Waals surface area contributed by atoms with Crippen LogP contribution in [0.1, 0.15) is 5.76 Å². The molecule has 0 amide bonds. The fourth-order valence-corrected chi connectivity index (χ4v) is 1.76. The molecular weight excluding hydrogens is 277 g/mol. The van der Waals surface area contributed by atoms with Crippen LogP contribution in [0.2, 0.25) is 5.02 Å². The summed E-state index contributed by atoms with van der Waals surface area (Å²) in [7, 11) is 0. The van der Waals surface area contributed by atoms with Crippen LogP contribution in [-0.2, 0) is 6.54 Å². The molecule has 0 atom stereocenters. The number of hydrogen-bond donors (Lipinski definition) is 1. The molecule has 0 aliphatic heterocycles. The van der Waals surface area contributed by atoms with Crippen molar-refractivity contribution in [3.05, 3.63) is 51.9 Å². The first-order valence-electron chi connectivity index (χ1n) is 4.48. The van der Waals surface area contributed by atoms with E-state index in [0.717, 1.165) is 21.1 Å². The van der Waals surface area contributed by atoms with E-state index in [0.29, 0.717) is 6.54 Å². The Morgan fingerprint density at radius 1 is 1.27 bits per heavy atom. The summed E-state index contributed by atoms with van der Waals surface area (Å²) in [6, 6.07) is 11.4. The lowest BCUT2D eigenvalue weighted by Crippen LogP contribution is -1.97. The quantitative estimate of drug-likeness (QED) is 0.909. The van der Waals surface area contributed by atoms with Crippen molar-refractivity contribution in [2.75, 3.05) is 5.32 Å². The SMILES string of the molecule is Clc1cccc(NCc2ccc(Br)o2)c1. The zero-order valence-electron chi connectivity index (χ0n) is 7.84. The molecule has 1 aromatic carbocycles. The molecule has 0 aliphatic carbocycles. The minimum absolute atomic E-state index is 0.645. The first kappa shape index (κ1) is 10.6. The number of rotatable bonds is 3. The van der Waals surface area contributed by atoms with Gasteiger partial charge in [0, 0.05) is 10.7 Å². The Bertz CT molecular complexity index is 455. The summed E-state index contributed by atoms with van der Waals surface area (Å²) in [5, 5.41) is 3.94. The number of furan rings is 1. The molecule has 0 bridgehead atoms. The van der Waals surface area contributed by atoms with Gasteiger partial charge in [-0.3, -0.25) is 0 Å². The maximum atomic E-state index is 5.86. The van der Waals surface area contributed by atoms with Gasteiger partial charge in [-0.1, -0.05) is 17.7 Å². The van der Waals surface area contributed by atoms with Crippen molar-refractivity contribution in [3.63, 3.8) is 0 Å². The number of benzene rings is 1. The van der Waals surface area contributed by atoms with Gasteiger partial charge in [0.05, 0.1) is 6.54 Å². The Hall–Kier alpha value is -0.930. The predicted octanol–water partition coefficient (Wildman–Crippen LogP) is 4.31. The van der Waals surface area contributed by atoms with Crippen LogP contribution in [0.25, 0.3) is 0 Å². The smallest absolute Gasteiger partial charge is 0.169 e. The van der Waals surface area contributed by atoms with Crippen LogP contribution in [0.5, 0.6) is 0 Å². The Morgan fingerprint density at radius 3 is 2.80 bits per heavy atom. The maximum absolute atomic E-state index is 5.86. The molecule has 0 unspecified atom stereocenters. The Morgan fingerprint density at radius 2 is 2.13 bits per heavy atom. The standard InChI is InChI=1S/C11H9BrClNO/c12-11-5-4-10(15-11)7-14-9-3-1-2-8(13)6-9/h1-6,14H,7H2. The van der Waals surface area contributed by atoms with Gasteiger partial charge in [-0.2, -0.15) is 0 Å². The Balaban J connectivity index is 1.99. The van der Waals surface area contributed by atoms with Crippen molar-refractivity contribution in [2.24, 2.45) is 0 Å². The fourth-order valence-electron chi connectivity index (χ4n) is 1.23. The van der Waals surface area contributed by atoms with Gasteiger partial charge in [0.25, 0.3) is 0 Å². The number of hydrogen-bond acceptors (Lipinski definition) is 2. The van der Waals surface area contributed by atoms with Gasteiger partial charge < -0.3 is 9.73 Å². The third kappa shape index (κ3) is 3.01. The molecule has 78 valence electrons. The summed E-state index contributed by atoms with van der Waals surface area (Å²) < 4.78 is 6.10. The topological polar surface area (TPSA) is 25.2 Å². The minimum atomic E-state index is 0.645. The van der Waals surface area contributed by atoms with Gasteiger partial charge in [0.2, 0.25) is 0 Å². The van der Waals surface area contributed by atoms with E-state index in [9.17, 15) is 0 Å². The third-order valence-corrected chi connectivity index (χ3v) is 2.58. The molecule has 15 heavy (non-hydrogen) atoms. The fraction of sp³-hybridized carbons (Fsp3) is 0.0909. The van der Waals surface area contributed by atoms with E-state index in [4.69, 9.17) is 16.0 Å². The van der Waals surface area contributed by atoms with Crippen LogP contribution in [0, 0.1) is 0 Å². The van der Waals surface area contributed by atoms with Gasteiger partial charge in [-0.25, -0.2) is 0 Å². The zero-order valence-corrected chi connectivity index (χ0v) is 10.2. The Labute approximate surface area is 101 Å². The summed E-state index contributed by atoms with van der Waals surface area (Å²) in [5.74, 6) is 0.877. The van der Waals surface area contributed by atoms with E-state index < -0.39 is 0 Å². The molecule has 2 rings (SSSR count). The lowest BCUT2D eigenvalue weighted by molar-refractivity contribution is 0.495. The van der Waals surface area contributed by atoms with Crippen molar-refractivity contribution in [3.8, 4) is 0 Å². The summed E-state index contributed by atoms with van der Waals surface area (Å²) in [6.45, 7) is 0.645. The van der Waals surface area contributed by atoms with E-state index in [-0.39, 0.29) is 0 Å². The number of anilines is 1.